The summed E-state index contributed by atoms with van der Waals surface area (Å²) in [5, 5.41) is 8.61. The molecule has 0 aliphatic carbocycles. The van der Waals surface area contributed by atoms with Crippen molar-refractivity contribution in [3.63, 3.8) is 0 Å². The third-order valence-electron chi connectivity index (χ3n) is 3.08. The molecule has 0 spiro atoms. The topological polar surface area (TPSA) is 55.0 Å². The Hall–Kier alpha value is -1.46. The van der Waals surface area contributed by atoms with Gasteiger partial charge >= 0.3 is 0 Å². The molecule has 1 aromatic carbocycles. The number of aromatic nitrogens is 2. The molecular formula is C15H19BrN4. The van der Waals surface area contributed by atoms with Crippen molar-refractivity contribution in [3.05, 3.63) is 40.4 Å². The smallest absolute Gasteiger partial charge is 0.151 e. The lowest BCUT2D eigenvalue weighted by Gasteiger charge is -2.19. The lowest BCUT2D eigenvalue weighted by molar-refractivity contribution is 0.708. The number of nitrogens with zero attached hydrogens (tertiary/aromatic N) is 3. The van der Waals surface area contributed by atoms with E-state index in [-0.39, 0.29) is 6.04 Å². The molecule has 1 atom stereocenters. The number of anilines is 1. The Morgan fingerprint density at radius 2 is 2.00 bits per heavy atom. The summed E-state index contributed by atoms with van der Waals surface area (Å²) >= 11 is 3.49. The van der Waals surface area contributed by atoms with Gasteiger partial charge in [-0.05, 0) is 43.7 Å². The fraction of sp³-hybridized carbons (Fsp3) is 0.333. The van der Waals surface area contributed by atoms with Crippen molar-refractivity contribution in [2.24, 2.45) is 5.73 Å². The Morgan fingerprint density at radius 1 is 1.25 bits per heavy atom. The fourth-order valence-corrected chi connectivity index (χ4v) is 2.43. The molecule has 0 aliphatic heterocycles. The standard InChI is InChI=1S/C15H19BrN4/c1-10-4-5-12(16)8-13(10)14-6-7-15(19-18-14)20(3)9-11(2)17/h4-8,11H,9,17H2,1-3H3. The minimum Gasteiger partial charge on any atom is -0.357 e. The second kappa shape index (κ2) is 6.33. The van der Waals surface area contributed by atoms with E-state index in [0.29, 0.717) is 0 Å². The van der Waals surface area contributed by atoms with Gasteiger partial charge in [0.2, 0.25) is 0 Å². The zero-order valence-electron chi connectivity index (χ0n) is 12.0. The van der Waals surface area contributed by atoms with E-state index < -0.39 is 0 Å². The minimum absolute atomic E-state index is 0.105. The predicted octanol–water partition coefficient (Wildman–Crippen LogP) is 3.00. The second-order valence-corrected chi connectivity index (χ2v) is 6.01. The molecule has 1 unspecified atom stereocenters. The summed E-state index contributed by atoms with van der Waals surface area (Å²) in [6, 6.07) is 10.2. The molecule has 0 aliphatic rings. The SMILES string of the molecule is Cc1ccc(Br)cc1-c1ccc(N(C)CC(C)N)nn1. The van der Waals surface area contributed by atoms with Crippen molar-refractivity contribution in [1.29, 1.82) is 0 Å². The second-order valence-electron chi connectivity index (χ2n) is 5.09. The normalized spacial score (nSPS) is 12.2. The van der Waals surface area contributed by atoms with Crippen LogP contribution in [-0.4, -0.2) is 29.8 Å². The van der Waals surface area contributed by atoms with Crippen LogP contribution in [0, 0.1) is 6.92 Å². The van der Waals surface area contributed by atoms with Gasteiger partial charge in [0.25, 0.3) is 0 Å². The van der Waals surface area contributed by atoms with Crippen LogP contribution in [0.4, 0.5) is 5.82 Å². The lowest BCUT2D eigenvalue weighted by atomic mass is 10.1. The van der Waals surface area contributed by atoms with Crippen molar-refractivity contribution in [1.82, 2.24) is 10.2 Å². The number of nitrogens with two attached hydrogens (primary N) is 1. The summed E-state index contributed by atoms with van der Waals surface area (Å²) in [6.07, 6.45) is 0. The molecule has 0 radical (unpaired) electrons. The Balaban J connectivity index is 2.26. The van der Waals surface area contributed by atoms with Crippen LogP contribution in [0.2, 0.25) is 0 Å². The number of benzene rings is 1. The van der Waals surface area contributed by atoms with Gasteiger partial charge in [-0.15, -0.1) is 10.2 Å². The first-order valence-electron chi connectivity index (χ1n) is 6.54. The van der Waals surface area contributed by atoms with E-state index >= 15 is 0 Å². The molecule has 0 fully saturated rings. The van der Waals surface area contributed by atoms with Crippen molar-refractivity contribution in [2.75, 3.05) is 18.5 Å². The predicted molar refractivity (Wildman–Crippen MR) is 86.8 cm³/mol. The van der Waals surface area contributed by atoms with Crippen LogP contribution in [0.25, 0.3) is 11.3 Å². The van der Waals surface area contributed by atoms with Crippen LogP contribution in [0.15, 0.2) is 34.8 Å². The van der Waals surface area contributed by atoms with E-state index in [1.165, 1.54) is 5.56 Å². The third kappa shape index (κ3) is 3.55. The Kier molecular flexibility index (Phi) is 4.73. The maximum Gasteiger partial charge on any atom is 0.151 e. The minimum atomic E-state index is 0.105. The van der Waals surface area contributed by atoms with Crippen LogP contribution in [0.1, 0.15) is 12.5 Å². The third-order valence-corrected chi connectivity index (χ3v) is 3.57. The first-order chi connectivity index (χ1) is 9.47. The van der Waals surface area contributed by atoms with Crippen LogP contribution in [-0.2, 0) is 0 Å². The largest absolute Gasteiger partial charge is 0.357 e. The highest BCUT2D eigenvalue weighted by molar-refractivity contribution is 9.10. The van der Waals surface area contributed by atoms with Crippen molar-refractivity contribution in [3.8, 4) is 11.3 Å². The van der Waals surface area contributed by atoms with Crippen molar-refractivity contribution in [2.45, 2.75) is 19.9 Å². The van der Waals surface area contributed by atoms with Crippen LogP contribution in [0.5, 0.6) is 0 Å². The highest BCUT2D eigenvalue weighted by Gasteiger charge is 2.08. The molecule has 20 heavy (non-hydrogen) atoms. The molecule has 4 nitrogen and oxygen atoms in total. The van der Waals surface area contributed by atoms with Gasteiger partial charge in [0, 0.05) is 29.7 Å². The van der Waals surface area contributed by atoms with Gasteiger partial charge < -0.3 is 10.6 Å². The van der Waals surface area contributed by atoms with Crippen molar-refractivity contribution >= 4 is 21.7 Å². The van der Waals surface area contributed by atoms with Gasteiger partial charge in [0.15, 0.2) is 5.82 Å². The van der Waals surface area contributed by atoms with E-state index in [2.05, 4.69) is 45.2 Å². The van der Waals surface area contributed by atoms with Gasteiger partial charge in [0.05, 0.1) is 5.69 Å². The average Bonchev–Trinajstić information content (AvgIpc) is 2.41. The zero-order chi connectivity index (χ0) is 14.7. The summed E-state index contributed by atoms with van der Waals surface area (Å²) in [6.45, 7) is 4.80. The molecule has 0 bridgehead atoms. The molecular weight excluding hydrogens is 316 g/mol. The van der Waals surface area contributed by atoms with Gasteiger partial charge in [-0.25, -0.2) is 0 Å². The fourth-order valence-electron chi connectivity index (χ4n) is 2.07. The molecule has 5 heteroatoms. The zero-order valence-corrected chi connectivity index (χ0v) is 13.6. The summed E-state index contributed by atoms with van der Waals surface area (Å²) in [5.74, 6) is 0.832. The molecule has 2 N–H and O–H groups in total. The van der Waals surface area contributed by atoms with E-state index in [1.807, 2.05) is 37.1 Å². The number of rotatable bonds is 4. The van der Waals surface area contributed by atoms with Crippen LogP contribution in [0.3, 0.4) is 0 Å². The maximum atomic E-state index is 5.79. The lowest BCUT2D eigenvalue weighted by Crippen LogP contribution is -2.33. The summed E-state index contributed by atoms with van der Waals surface area (Å²) < 4.78 is 1.04. The molecule has 0 saturated heterocycles. The van der Waals surface area contributed by atoms with Gasteiger partial charge in [-0.1, -0.05) is 22.0 Å². The summed E-state index contributed by atoms with van der Waals surface area (Å²) in [4.78, 5) is 2.01. The first kappa shape index (κ1) is 14.9. The molecule has 0 saturated carbocycles. The number of hydrogen-bond acceptors (Lipinski definition) is 4. The molecule has 1 heterocycles. The molecule has 1 aromatic heterocycles. The molecule has 2 aromatic rings. The number of likely N-dealkylation sites (N-methyl/N-ethyl adjacent to an activating group) is 1. The number of hydrogen-bond donors (Lipinski definition) is 1. The van der Waals surface area contributed by atoms with Gasteiger partial charge in [0.1, 0.15) is 0 Å². The monoisotopic (exact) mass is 334 g/mol. The van der Waals surface area contributed by atoms with E-state index in [9.17, 15) is 0 Å². The highest BCUT2D eigenvalue weighted by Crippen LogP contribution is 2.25. The quantitative estimate of drug-likeness (QED) is 0.933. The Bertz CT molecular complexity index is 581. The highest BCUT2D eigenvalue weighted by atomic mass is 79.9. The summed E-state index contributed by atoms with van der Waals surface area (Å²) in [7, 11) is 1.97. The molecule has 0 amide bonds. The van der Waals surface area contributed by atoms with Crippen LogP contribution < -0.4 is 10.6 Å². The maximum absolute atomic E-state index is 5.79. The van der Waals surface area contributed by atoms with E-state index in [4.69, 9.17) is 5.73 Å². The van der Waals surface area contributed by atoms with Gasteiger partial charge in [-0.2, -0.15) is 0 Å². The average molecular weight is 335 g/mol. The molecule has 106 valence electrons. The molecule has 2 rings (SSSR count). The Labute approximate surface area is 128 Å². The van der Waals surface area contributed by atoms with E-state index in [1.54, 1.807) is 0 Å². The number of aryl methyl sites for hydroxylation is 1. The van der Waals surface area contributed by atoms with Gasteiger partial charge in [-0.3, -0.25) is 0 Å². The number of halogens is 1. The van der Waals surface area contributed by atoms with Crippen LogP contribution >= 0.6 is 15.9 Å². The van der Waals surface area contributed by atoms with Crippen molar-refractivity contribution < 1.29 is 0 Å². The Morgan fingerprint density at radius 3 is 2.60 bits per heavy atom. The first-order valence-corrected chi connectivity index (χ1v) is 7.33. The van der Waals surface area contributed by atoms with E-state index in [0.717, 1.165) is 28.1 Å². The summed E-state index contributed by atoms with van der Waals surface area (Å²) in [5.41, 5.74) is 8.94.